The van der Waals surface area contributed by atoms with Gasteiger partial charge in [0.1, 0.15) is 5.75 Å². The van der Waals surface area contributed by atoms with E-state index in [4.69, 9.17) is 18.9 Å². The third-order valence-electron chi connectivity index (χ3n) is 5.67. The predicted molar refractivity (Wildman–Crippen MR) is 117 cm³/mol. The van der Waals surface area contributed by atoms with Crippen LogP contribution in [0.2, 0.25) is 0 Å². The van der Waals surface area contributed by atoms with E-state index in [0.29, 0.717) is 24.7 Å². The quantitative estimate of drug-likeness (QED) is 0.550. The van der Waals surface area contributed by atoms with E-state index in [0.717, 1.165) is 33.2 Å². The molecular formula is C25H27NO5. The highest BCUT2D eigenvalue weighted by Gasteiger charge is 2.28. The van der Waals surface area contributed by atoms with Gasteiger partial charge in [0.2, 0.25) is 0 Å². The van der Waals surface area contributed by atoms with Crippen LogP contribution in [0.5, 0.6) is 11.5 Å². The molecule has 2 aromatic carbocycles. The number of rotatable bonds is 4. The van der Waals surface area contributed by atoms with Gasteiger partial charge in [-0.05, 0) is 56.2 Å². The van der Waals surface area contributed by atoms with Crippen LogP contribution in [-0.2, 0) is 27.5 Å². The van der Waals surface area contributed by atoms with Crippen molar-refractivity contribution in [3.8, 4) is 11.5 Å². The number of fused-ring (bicyclic) bond motifs is 2. The molecule has 6 nitrogen and oxygen atoms in total. The summed E-state index contributed by atoms with van der Waals surface area (Å²) in [7, 11) is 1.65. The van der Waals surface area contributed by atoms with Crippen LogP contribution < -0.4 is 9.47 Å². The second-order valence-corrected chi connectivity index (χ2v) is 8.27. The zero-order valence-corrected chi connectivity index (χ0v) is 18.5. The van der Waals surface area contributed by atoms with Gasteiger partial charge in [0.05, 0.1) is 31.9 Å². The third-order valence-corrected chi connectivity index (χ3v) is 5.67. The van der Waals surface area contributed by atoms with Gasteiger partial charge in [0.15, 0.2) is 11.5 Å². The van der Waals surface area contributed by atoms with E-state index in [1.165, 1.54) is 0 Å². The van der Waals surface area contributed by atoms with Crippen molar-refractivity contribution in [2.75, 3.05) is 7.11 Å². The monoisotopic (exact) mass is 421 g/mol. The van der Waals surface area contributed by atoms with E-state index in [-0.39, 0.29) is 5.97 Å². The Morgan fingerprint density at radius 3 is 2.58 bits per heavy atom. The Bertz CT molecular complexity index is 1140. The summed E-state index contributed by atoms with van der Waals surface area (Å²) >= 11 is 0. The van der Waals surface area contributed by atoms with Gasteiger partial charge in [0.25, 0.3) is 0 Å². The first-order valence-corrected chi connectivity index (χ1v) is 10.3. The molecule has 1 atom stereocenters. The highest BCUT2D eigenvalue weighted by molar-refractivity contribution is 5.87. The molecule has 0 amide bonds. The van der Waals surface area contributed by atoms with Crippen molar-refractivity contribution in [3.63, 3.8) is 0 Å². The van der Waals surface area contributed by atoms with E-state index in [9.17, 15) is 4.79 Å². The Morgan fingerprint density at radius 2 is 1.81 bits per heavy atom. The van der Waals surface area contributed by atoms with Crippen LogP contribution >= 0.6 is 0 Å². The van der Waals surface area contributed by atoms with Gasteiger partial charge >= 0.3 is 5.97 Å². The number of nitrogens with zero attached hydrogens (tertiary/aromatic N) is 1. The molecule has 3 aromatic rings. The minimum Gasteiger partial charge on any atom is -0.497 e. The number of aromatic nitrogens is 1. The van der Waals surface area contributed by atoms with E-state index in [2.05, 4.69) is 4.98 Å². The van der Waals surface area contributed by atoms with Crippen molar-refractivity contribution in [2.24, 2.45) is 0 Å². The van der Waals surface area contributed by atoms with Crippen LogP contribution in [0.3, 0.4) is 0 Å². The van der Waals surface area contributed by atoms with Crippen molar-refractivity contribution in [3.05, 3.63) is 65.0 Å². The summed E-state index contributed by atoms with van der Waals surface area (Å²) in [4.78, 5) is 17.5. The predicted octanol–water partition coefficient (Wildman–Crippen LogP) is 5.04. The Balaban J connectivity index is 1.59. The van der Waals surface area contributed by atoms with Gasteiger partial charge in [-0.1, -0.05) is 24.3 Å². The molecule has 0 saturated heterocycles. The highest BCUT2D eigenvalue weighted by atomic mass is 16.7. The number of benzene rings is 2. The van der Waals surface area contributed by atoms with Crippen molar-refractivity contribution < 1.29 is 23.7 Å². The Hall–Kier alpha value is -2.96. The highest BCUT2D eigenvalue weighted by Crippen LogP contribution is 2.33. The van der Waals surface area contributed by atoms with Gasteiger partial charge in [-0.2, -0.15) is 0 Å². The fourth-order valence-electron chi connectivity index (χ4n) is 3.60. The normalized spacial score (nSPS) is 16.3. The lowest BCUT2D eigenvalue weighted by molar-refractivity contribution is -0.219. The molecule has 2 heterocycles. The maximum Gasteiger partial charge on any atom is 0.318 e. The smallest absolute Gasteiger partial charge is 0.318 e. The molecule has 4 rings (SSSR count). The number of carbonyl (C=O) groups is 1. The molecule has 0 radical (unpaired) electrons. The summed E-state index contributed by atoms with van der Waals surface area (Å²) in [6.07, 6.45) is 1.76. The van der Waals surface area contributed by atoms with Crippen LogP contribution in [0.25, 0.3) is 10.8 Å². The molecule has 162 valence electrons. The lowest BCUT2D eigenvalue weighted by atomic mass is 9.97. The van der Waals surface area contributed by atoms with Gasteiger partial charge in [-0.25, -0.2) is 0 Å². The van der Waals surface area contributed by atoms with Crippen LogP contribution in [0, 0.1) is 6.92 Å². The fraction of sp³-hybridized carbons (Fsp3) is 0.360. The number of esters is 1. The maximum absolute atomic E-state index is 13.1. The first kappa shape index (κ1) is 21.3. The van der Waals surface area contributed by atoms with Crippen LogP contribution in [0.1, 0.15) is 49.1 Å². The van der Waals surface area contributed by atoms with E-state index >= 15 is 0 Å². The Morgan fingerprint density at radius 1 is 1.10 bits per heavy atom. The van der Waals surface area contributed by atoms with Crippen LogP contribution in [0.4, 0.5) is 0 Å². The molecule has 0 unspecified atom stereocenters. The minimum absolute atomic E-state index is 0.292. The minimum atomic E-state index is -0.713. The van der Waals surface area contributed by atoms with Gasteiger partial charge in [-0.15, -0.1) is 0 Å². The second-order valence-electron chi connectivity index (χ2n) is 8.27. The topological polar surface area (TPSA) is 66.9 Å². The number of hydrogen-bond donors (Lipinski definition) is 0. The van der Waals surface area contributed by atoms with E-state index < -0.39 is 11.7 Å². The van der Waals surface area contributed by atoms with Crippen molar-refractivity contribution >= 4 is 16.7 Å². The summed E-state index contributed by atoms with van der Waals surface area (Å²) in [5, 5.41) is 2.09. The molecule has 1 aromatic heterocycles. The number of aryl methyl sites for hydroxylation is 1. The van der Waals surface area contributed by atoms with Crippen LogP contribution in [0.15, 0.2) is 42.6 Å². The summed E-state index contributed by atoms with van der Waals surface area (Å²) < 4.78 is 22.8. The molecular weight excluding hydrogens is 394 g/mol. The second kappa shape index (κ2) is 8.29. The van der Waals surface area contributed by atoms with E-state index in [1.807, 2.05) is 64.1 Å². The van der Waals surface area contributed by atoms with Gasteiger partial charge in [-0.3, -0.25) is 9.78 Å². The summed E-state index contributed by atoms with van der Waals surface area (Å²) in [5.74, 6) is -0.234. The summed E-state index contributed by atoms with van der Waals surface area (Å²) in [6.45, 7) is 8.04. The number of pyridine rings is 1. The standard InChI is InChI=1S/C25H27NO5/c1-15(17-6-7-19-11-21(28-5)9-8-18(19)10-17)24(27)31-23-16(2)26-12-20-13-29-25(3,4)30-14-22(20)23/h6-12,15H,13-14H2,1-5H3/t15-/m0/s1. The van der Waals surface area contributed by atoms with Crippen molar-refractivity contribution in [2.45, 2.75) is 52.6 Å². The summed E-state index contributed by atoms with van der Waals surface area (Å²) in [6, 6.07) is 11.8. The largest absolute Gasteiger partial charge is 0.497 e. The SMILES string of the molecule is COc1ccc2cc([C@H](C)C(=O)Oc3c(C)ncc4c3COC(C)(C)OC4)ccc2c1. The number of carbonyl (C=O) groups excluding carboxylic acids is 1. The first-order chi connectivity index (χ1) is 14.8. The van der Waals surface area contributed by atoms with Gasteiger partial charge in [0, 0.05) is 17.3 Å². The molecule has 0 bridgehead atoms. The number of ether oxygens (including phenoxy) is 4. The third kappa shape index (κ3) is 4.40. The molecule has 0 N–H and O–H groups in total. The lowest BCUT2D eigenvalue weighted by Crippen LogP contribution is -2.25. The molecule has 0 aliphatic carbocycles. The van der Waals surface area contributed by atoms with Crippen LogP contribution in [-0.4, -0.2) is 23.9 Å². The zero-order valence-electron chi connectivity index (χ0n) is 18.5. The fourth-order valence-corrected chi connectivity index (χ4v) is 3.60. The van der Waals surface area contributed by atoms with Gasteiger partial charge < -0.3 is 18.9 Å². The molecule has 31 heavy (non-hydrogen) atoms. The summed E-state index contributed by atoms with van der Waals surface area (Å²) in [5.41, 5.74) is 3.21. The zero-order chi connectivity index (χ0) is 22.2. The molecule has 1 aliphatic rings. The lowest BCUT2D eigenvalue weighted by Gasteiger charge is -2.22. The number of hydrogen-bond acceptors (Lipinski definition) is 6. The molecule has 0 fully saturated rings. The molecule has 6 heteroatoms. The average Bonchev–Trinajstić information content (AvgIpc) is 2.92. The molecule has 0 spiro atoms. The maximum atomic E-state index is 13.1. The first-order valence-electron chi connectivity index (χ1n) is 10.3. The van der Waals surface area contributed by atoms with Crippen molar-refractivity contribution in [1.29, 1.82) is 0 Å². The average molecular weight is 421 g/mol. The number of methoxy groups -OCH3 is 1. The van der Waals surface area contributed by atoms with Crippen molar-refractivity contribution in [1.82, 2.24) is 4.98 Å². The molecule has 1 aliphatic heterocycles. The molecule has 0 saturated carbocycles. The Kier molecular flexibility index (Phi) is 5.69. The van der Waals surface area contributed by atoms with E-state index in [1.54, 1.807) is 13.3 Å². The Labute approximate surface area is 182 Å².